The molecule has 0 radical (unpaired) electrons. The SMILES string of the molecule is O=c1cc(C23CC4CC(CC(C4)C2)C3)oc2cc(N3CCOCC3)ccc12. The average molecular weight is 365 g/mol. The van der Waals surface area contributed by atoms with Crippen molar-refractivity contribution >= 4 is 16.7 Å². The third-order valence-electron chi connectivity index (χ3n) is 7.65. The van der Waals surface area contributed by atoms with Crippen molar-refractivity contribution in [2.24, 2.45) is 17.8 Å². The number of rotatable bonds is 2. The molecule has 0 unspecified atom stereocenters. The second-order valence-corrected chi connectivity index (χ2v) is 9.45. The fraction of sp³-hybridized carbons (Fsp3) is 0.609. The van der Waals surface area contributed by atoms with Gasteiger partial charge in [-0.3, -0.25) is 4.79 Å². The highest BCUT2D eigenvalue weighted by Crippen LogP contribution is 2.60. The highest BCUT2D eigenvalue weighted by atomic mass is 16.5. The van der Waals surface area contributed by atoms with Crippen LogP contribution >= 0.6 is 0 Å². The van der Waals surface area contributed by atoms with Crippen LogP contribution in [-0.2, 0) is 10.2 Å². The lowest BCUT2D eigenvalue weighted by Crippen LogP contribution is -2.48. The molecule has 1 aliphatic heterocycles. The number of benzene rings is 1. The molecule has 0 amide bonds. The summed E-state index contributed by atoms with van der Waals surface area (Å²) in [6, 6.07) is 7.89. The van der Waals surface area contributed by atoms with E-state index in [1.807, 2.05) is 12.1 Å². The van der Waals surface area contributed by atoms with Crippen LogP contribution in [0.4, 0.5) is 5.69 Å². The van der Waals surface area contributed by atoms with Crippen LogP contribution in [0.25, 0.3) is 11.0 Å². The van der Waals surface area contributed by atoms with E-state index in [-0.39, 0.29) is 10.8 Å². The summed E-state index contributed by atoms with van der Waals surface area (Å²) in [5.74, 6) is 3.50. The molecule has 5 fully saturated rings. The molecule has 0 atom stereocenters. The zero-order chi connectivity index (χ0) is 18.0. The van der Waals surface area contributed by atoms with Gasteiger partial charge in [-0.1, -0.05) is 0 Å². The zero-order valence-corrected chi connectivity index (χ0v) is 15.8. The van der Waals surface area contributed by atoms with Crippen molar-refractivity contribution in [3.63, 3.8) is 0 Å². The summed E-state index contributed by atoms with van der Waals surface area (Å²) in [5.41, 5.74) is 2.14. The Labute approximate surface area is 159 Å². The number of hydrogen-bond donors (Lipinski definition) is 0. The molecule has 4 heteroatoms. The van der Waals surface area contributed by atoms with E-state index in [0.29, 0.717) is 5.39 Å². The molecule has 1 saturated heterocycles. The van der Waals surface area contributed by atoms with Crippen molar-refractivity contribution in [1.82, 2.24) is 0 Å². The Balaban J connectivity index is 1.43. The Kier molecular flexibility index (Phi) is 3.50. The van der Waals surface area contributed by atoms with Gasteiger partial charge in [-0.2, -0.15) is 0 Å². The molecule has 0 N–H and O–H groups in total. The first-order valence-electron chi connectivity index (χ1n) is 10.6. The molecular weight excluding hydrogens is 338 g/mol. The first kappa shape index (κ1) is 16.2. The number of fused-ring (bicyclic) bond motifs is 1. The predicted octanol–water partition coefficient (Wildman–Crippen LogP) is 4.10. The van der Waals surface area contributed by atoms with Crippen molar-refractivity contribution in [3.05, 3.63) is 40.2 Å². The van der Waals surface area contributed by atoms with Crippen LogP contribution in [0, 0.1) is 17.8 Å². The van der Waals surface area contributed by atoms with Gasteiger partial charge >= 0.3 is 0 Å². The standard InChI is InChI=1S/C23H27NO3/c25-20-11-22(23-12-15-7-16(13-23)9-17(8-15)14-23)27-21-10-18(1-2-19(20)21)24-3-5-26-6-4-24/h1-2,10-11,15-17H,3-9,12-14H2. The number of ether oxygens (including phenoxy) is 1. The van der Waals surface area contributed by atoms with Gasteiger partial charge < -0.3 is 14.1 Å². The van der Waals surface area contributed by atoms with Crippen LogP contribution < -0.4 is 10.3 Å². The predicted molar refractivity (Wildman–Crippen MR) is 105 cm³/mol. The van der Waals surface area contributed by atoms with E-state index in [2.05, 4.69) is 17.0 Å². The molecule has 0 spiro atoms. The summed E-state index contributed by atoms with van der Waals surface area (Å²) in [5, 5.41) is 0.709. The quantitative estimate of drug-likeness (QED) is 0.804. The summed E-state index contributed by atoms with van der Waals surface area (Å²) in [4.78, 5) is 15.2. The fourth-order valence-electron chi connectivity index (χ4n) is 6.84. The molecule has 2 heterocycles. The van der Waals surface area contributed by atoms with Crippen LogP contribution in [-0.4, -0.2) is 26.3 Å². The Morgan fingerprint density at radius 3 is 2.26 bits per heavy atom. The second-order valence-electron chi connectivity index (χ2n) is 9.45. The minimum absolute atomic E-state index is 0.121. The lowest BCUT2D eigenvalue weighted by Gasteiger charge is -2.56. The maximum absolute atomic E-state index is 12.9. The Morgan fingerprint density at radius 1 is 0.926 bits per heavy atom. The van der Waals surface area contributed by atoms with Crippen molar-refractivity contribution in [2.45, 2.75) is 43.9 Å². The highest BCUT2D eigenvalue weighted by molar-refractivity contribution is 5.80. The Bertz CT molecular complexity index is 905. The van der Waals surface area contributed by atoms with Gasteiger partial charge in [0.15, 0.2) is 5.43 Å². The van der Waals surface area contributed by atoms with E-state index in [0.717, 1.165) is 61.1 Å². The summed E-state index contributed by atoms with van der Waals surface area (Å²) in [6.07, 6.45) is 7.86. The van der Waals surface area contributed by atoms with Gasteiger partial charge in [0.25, 0.3) is 0 Å². The minimum Gasteiger partial charge on any atom is -0.460 e. The van der Waals surface area contributed by atoms with E-state index in [1.165, 1.54) is 38.5 Å². The second kappa shape index (κ2) is 5.84. The summed E-state index contributed by atoms with van der Waals surface area (Å²) >= 11 is 0. The van der Waals surface area contributed by atoms with Crippen molar-refractivity contribution in [1.29, 1.82) is 0 Å². The lowest BCUT2D eigenvalue weighted by atomic mass is 9.49. The number of morpholine rings is 1. The summed E-state index contributed by atoms with van der Waals surface area (Å²) in [6.45, 7) is 3.30. The van der Waals surface area contributed by atoms with Crippen molar-refractivity contribution in [3.8, 4) is 0 Å². The Hall–Kier alpha value is -1.81. The molecule has 1 aromatic heterocycles. The lowest BCUT2D eigenvalue weighted by molar-refractivity contribution is -0.0150. The van der Waals surface area contributed by atoms with Crippen molar-refractivity contribution in [2.75, 3.05) is 31.2 Å². The zero-order valence-electron chi connectivity index (χ0n) is 15.8. The van der Waals surface area contributed by atoms with E-state index in [9.17, 15) is 4.79 Å². The fourth-order valence-corrected chi connectivity index (χ4v) is 6.84. The molecule has 4 aliphatic carbocycles. The maximum Gasteiger partial charge on any atom is 0.192 e. The van der Waals surface area contributed by atoms with Crippen LogP contribution in [0.5, 0.6) is 0 Å². The minimum atomic E-state index is 0.121. The van der Waals surface area contributed by atoms with E-state index < -0.39 is 0 Å². The molecule has 4 saturated carbocycles. The molecule has 4 bridgehead atoms. The van der Waals surface area contributed by atoms with Gasteiger partial charge in [0.1, 0.15) is 11.3 Å². The third-order valence-corrected chi connectivity index (χ3v) is 7.65. The largest absolute Gasteiger partial charge is 0.460 e. The number of hydrogen-bond acceptors (Lipinski definition) is 4. The van der Waals surface area contributed by atoms with Gasteiger partial charge in [-0.15, -0.1) is 0 Å². The van der Waals surface area contributed by atoms with E-state index in [1.54, 1.807) is 0 Å². The molecular formula is C23H27NO3. The van der Waals surface area contributed by atoms with E-state index in [4.69, 9.17) is 9.15 Å². The van der Waals surface area contributed by atoms with Crippen LogP contribution in [0.2, 0.25) is 0 Å². The maximum atomic E-state index is 12.9. The molecule has 7 rings (SSSR count). The highest BCUT2D eigenvalue weighted by Gasteiger charge is 2.53. The van der Waals surface area contributed by atoms with Gasteiger partial charge in [0, 0.05) is 36.3 Å². The number of anilines is 1. The van der Waals surface area contributed by atoms with Gasteiger partial charge in [-0.05, 0) is 68.4 Å². The van der Waals surface area contributed by atoms with Gasteiger partial charge in [0.2, 0.25) is 0 Å². The van der Waals surface area contributed by atoms with E-state index >= 15 is 0 Å². The molecule has 1 aromatic carbocycles. The normalized spacial score (nSPS) is 35.1. The van der Waals surface area contributed by atoms with Crippen molar-refractivity contribution < 1.29 is 9.15 Å². The molecule has 27 heavy (non-hydrogen) atoms. The molecule has 142 valence electrons. The topological polar surface area (TPSA) is 42.7 Å². The average Bonchev–Trinajstić information content (AvgIpc) is 2.67. The molecule has 2 aromatic rings. The molecule has 4 nitrogen and oxygen atoms in total. The molecule has 5 aliphatic rings. The van der Waals surface area contributed by atoms with Crippen LogP contribution in [0.3, 0.4) is 0 Å². The van der Waals surface area contributed by atoms with Crippen LogP contribution in [0.1, 0.15) is 44.3 Å². The van der Waals surface area contributed by atoms with Gasteiger partial charge in [-0.25, -0.2) is 0 Å². The summed E-state index contributed by atoms with van der Waals surface area (Å²) < 4.78 is 12.0. The monoisotopic (exact) mass is 365 g/mol. The van der Waals surface area contributed by atoms with Crippen LogP contribution in [0.15, 0.2) is 33.5 Å². The van der Waals surface area contributed by atoms with Gasteiger partial charge in [0.05, 0.1) is 18.6 Å². The summed E-state index contributed by atoms with van der Waals surface area (Å²) in [7, 11) is 0. The first-order chi connectivity index (χ1) is 13.2. The smallest absolute Gasteiger partial charge is 0.192 e. The third kappa shape index (κ3) is 2.56. The first-order valence-corrected chi connectivity index (χ1v) is 10.6. The number of nitrogens with zero attached hydrogens (tertiary/aromatic N) is 1. The Morgan fingerprint density at radius 2 is 1.59 bits per heavy atom.